The van der Waals surface area contributed by atoms with Crippen molar-refractivity contribution in [2.24, 2.45) is 17.3 Å². The predicted octanol–water partition coefficient (Wildman–Crippen LogP) is 2.02. The fourth-order valence-corrected chi connectivity index (χ4v) is 5.58. The quantitative estimate of drug-likeness (QED) is 0.437. The van der Waals surface area contributed by atoms with E-state index < -0.39 is 77.7 Å². The van der Waals surface area contributed by atoms with Crippen molar-refractivity contribution in [3.8, 4) is 6.07 Å². The average Bonchev–Trinajstić information content (AvgIpc) is 2.80. The van der Waals surface area contributed by atoms with Gasteiger partial charge in [-0.3, -0.25) is 19.2 Å². The van der Waals surface area contributed by atoms with Crippen LogP contribution in [-0.2, 0) is 19.2 Å². The minimum atomic E-state index is -5.29. The Morgan fingerprint density at radius 1 is 1.16 bits per heavy atom. The summed E-state index contributed by atoms with van der Waals surface area (Å²) in [7, 11) is 0. The molecule has 0 radical (unpaired) electrons. The molecule has 0 unspecified atom stereocenters. The Balaban J connectivity index is 1.90. The number of amides is 4. The number of carbonyl (C=O) groups excluding carboxylic acids is 4. The van der Waals surface area contributed by atoms with Gasteiger partial charge >= 0.3 is 12.1 Å². The molecule has 14 heteroatoms. The number of hydrogen-bond acceptors (Lipinski definition) is 5. The molecule has 3 aliphatic heterocycles. The number of nitriles is 1. The molecule has 6 atom stereocenters. The molecule has 0 aromatic heterocycles. The minimum absolute atomic E-state index is 0.0640. The first-order valence-electron chi connectivity index (χ1n) is 12.5. The second-order valence-electron chi connectivity index (χ2n) is 11.3. The third-order valence-corrected chi connectivity index (χ3v) is 7.50. The molecule has 0 aromatic rings. The molecule has 4 aliphatic rings. The maximum absolute atomic E-state index is 14.9. The van der Waals surface area contributed by atoms with Gasteiger partial charge < -0.3 is 20.9 Å². The lowest BCUT2D eigenvalue weighted by atomic mass is 9.70. The molecule has 3 N–H and O–H groups in total. The van der Waals surface area contributed by atoms with Crippen LogP contribution in [-0.4, -0.2) is 71.3 Å². The van der Waals surface area contributed by atoms with Gasteiger partial charge in [-0.05, 0) is 37.5 Å². The smallest absolute Gasteiger partial charge is 0.356 e. The predicted molar refractivity (Wildman–Crippen MR) is 122 cm³/mol. The van der Waals surface area contributed by atoms with Crippen molar-refractivity contribution >= 4 is 23.6 Å². The number of piperidine rings is 3. The Labute approximate surface area is 216 Å². The van der Waals surface area contributed by atoms with Gasteiger partial charge in [-0.2, -0.15) is 18.4 Å². The Bertz CT molecular complexity index is 1010. The largest absolute Gasteiger partial charge is 0.471 e. The van der Waals surface area contributed by atoms with Crippen LogP contribution in [0.1, 0.15) is 59.3 Å². The Morgan fingerprint density at radius 2 is 1.82 bits per heavy atom. The highest BCUT2D eigenvalue weighted by molar-refractivity contribution is 5.94. The summed E-state index contributed by atoms with van der Waals surface area (Å²) >= 11 is 0. The van der Waals surface area contributed by atoms with Crippen LogP contribution in [0.15, 0.2) is 0 Å². The number of halogens is 5. The average molecular weight is 550 g/mol. The summed E-state index contributed by atoms with van der Waals surface area (Å²) in [6, 6.07) is -4.06. The Hall–Kier alpha value is -2.98. The van der Waals surface area contributed by atoms with Crippen LogP contribution in [0.2, 0.25) is 0 Å². The van der Waals surface area contributed by atoms with E-state index in [4.69, 9.17) is 0 Å². The molecule has 2 bridgehead atoms. The van der Waals surface area contributed by atoms with Crippen LogP contribution in [0.25, 0.3) is 0 Å². The second kappa shape index (κ2) is 10.6. The zero-order valence-corrected chi connectivity index (χ0v) is 21.3. The molecule has 0 aromatic carbocycles. The molecular weight excluding hydrogens is 517 g/mol. The van der Waals surface area contributed by atoms with Crippen LogP contribution in [0.5, 0.6) is 0 Å². The van der Waals surface area contributed by atoms with E-state index in [1.807, 2.05) is 6.07 Å². The molecule has 4 rings (SSSR count). The lowest BCUT2D eigenvalue weighted by Gasteiger charge is -2.55. The van der Waals surface area contributed by atoms with E-state index in [1.165, 1.54) is 20.8 Å². The van der Waals surface area contributed by atoms with E-state index in [9.17, 15) is 46.4 Å². The van der Waals surface area contributed by atoms with Gasteiger partial charge in [0.15, 0.2) is 0 Å². The number of rotatable bonds is 6. The molecule has 212 valence electrons. The van der Waals surface area contributed by atoms with E-state index in [-0.39, 0.29) is 25.2 Å². The lowest BCUT2D eigenvalue weighted by Crippen LogP contribution is -2.71. The van der Waals surface area contributed by atoms with Crippen LogP contribution in [0.3, 0.4) is 0 Å². The van der Waals surface area contributed by atoms with E-state index in [1.54, 1.807) is 5.32 Å². The van der Waals surface area contributed by atoms with E-state index in [2.05, 4.69) is 10.6 Å². The summed E-state index contributed by atoms with van der Waals surface area (Å²) < 4.78 is 68.9. The molecule has 4 amide bonds. The maximum Gasteiger partial charge on any atom is 0.471 e. The normalized spacial score (nSPS) is 28.5. The number of hydrogen-bond donors (Lipinski definition) is 3. The third kappa shape index (κ3) is 6.18. The van der Waals surface area contributed by atoms with Crippen LogP contribution >= 0.6 is 0 Å². The number of alkyl halides is 5. The van der Waals surface area contributed by atoms with Gasteiger partial charge in [0.2, 0.25) is 17.7 Å². The highest BCUT2D eigenvalue weighted by atomic mass is 19.4. The van der Waals surface area contributed by atoms with Gasteiger partial charge in [0.25, 0.3) is 5.92 Å². The summed E-state index contributed by atoms with van der Waals surface area (Å²) in [5.41, 5.74) is -1.26. The van der Waals surface area contributed by atoms with E-state index >= 15 is 0 Å². The molecular formula is C24H32F5N5O4. The summed E-state index contributed by atoms with van der Waals surface area (Å²) in [4.78, 5) is 51.7. The minimum Gasteiger partial charge on any atom is -0.356 e. The molecule has 3 saturated heterocycles. The van der Waals surface area contributed by atoms with Gasteiger partial charge in [0.1, 0.15) is 18.1 Å². The van der Waals surface area contributed by atoms with Crippen molar-refractivity contribution in [2.45, 2.75) is 95.6 Å². The monoisotopic (exact) mass is 549 g/mol. The van der Waals surface area contributed by atoms with Crippen molar-refractivity contribution in [3.63, 3.8) is 0 Å². The van der Waals surface area contributed by atoms with Gasteiger partial charge in [0.05, 0.1) is 12.0 Å². The number of nitrogens with one attached hydrogen (secondary N) is 3. The molecule has 0 spiro atoms. The number of nitrogens with zero attached hydrogens (tertiary/aromatic N) is 2. The lowest BCUT2D eigenvalue weighted by molar-refractivity contribution is -0.197. The van der Waals surface area contributed by atoms with Gasteiger partial charge in [-0.25, -0.2) is 8.78 Å². The Kier molecular flexibility index (Phi) is 8.29. The third-order valence-electron chi connectivity index (χ3n) is 7.50. The summed E-state index contributed by atoms with van der Waals surface area (Å²) in [6.07, 6.45) is -5.00. The molecule has 3 heterocycles. The zero-order chi connectivity index (χ0) is 28.6. The van der Waals surface area contributed by atoms with Crippen molar-refractivity contribution in [2.75, 3.05) is 6.54 Å². The van der Waals surface area contributed by atoms with Gasteiger partial charge in [0, 0.05) is 24.9 Å². The highest BCUT2D eigenvalue weighted by Gasteiger charge is 2.61. The van der Waals surface area contributed by atoms with Gasteiger partial charge in [-0.15, -0.1) is 0 Å². The number of carbonyl (C=O) groups is 4. The number of fused-ring (bicyclic) bond motifs is 3. The molecule has 4 fully saturated rings. The maximum atomic E-state index is 14.9. The van der Waals surface area contributed by atoms with Gasteiger partial charge in [-0.1, -0.05) is 20.8 Å². The Morgan fingerprint density at radius 3 is 2.34 bits per heavy atom. The fraction of sp³-hybridized carbons (Fsp3) is 0.792. The SMILES string of the molecule is CC(C)(C)[C@@H](NC(=O)C(F)(F)F)C(=O)N1[C@@H]2CC[C@H]([C@H]1C(=O)N[C@H](C#N)C[C@H]1CCCNC1=O)C(F)(F)C2. The van der Waals surface area contributed by atoms with Crippen molar-refractivity contribution in [1.82, 2.24) is 20.9 Å². The van der Waals surface area contributed by atoms with Crippen LogP contribution < -0.4 is 16.0 Å². The van der Waals surface area contributed by atoms with E-state index in [0.29, 0.717) is 19.4 Å². The first kappa shape index (κ1) is 29.6. The summed E-state index contributed by atoms with van der Waals surface area (Å²) in [6.45, 7) is 4.69. The first-order valence-corrected chi connectivity index (χ1v) is 12.5. The van der Waals surface area contributed by atoms with E-state index in [0.717, 1.165) is 4.90 Å². The van der Waals surface area contributed by atoms with Crippen molar-refractivity contribution in [3.05, 3.63) is 0 Å². The van der Waals surface area contributed by atoms with Crippen LogP contribution in [0.4, 0.5) is 22.0 Å². The molecule has 1 saturated carbocycles. The van der Waals surface area contributed by atoms with Crippen LogP contribution in [0, 0.1) is 28.6 Å². The second-order valence-corrected chi connectivity index (χ2v) is 11.3. The van der Waals surface area contributed by atoms with Crippen molar-refractivity contribution in [1.29, 1.82) is 5.26 Å². The summed E-state index contributed by atoms with van der Waals surface area (Å²) in [5, 5.41) is 16.3. The molecule has 38 heavy (non-hydrogen) atoms. The summed E-state index contributed by atoms with van der Waals surface area (Å²) in [5.74, 6) is -10.3. The standard InChI is InChI=1S/C24H32F5N5O4/c1-22(2,3)17(33-21(38)24(27,28)29)20(37)34-14-6-7-15(23(25,26)10-14)16(34)19(36)32-13(11-30)9-12-5-4-8-31-18(12)35/h12-17H,4-10H2,1-3H3,(H,31,35)(H,32,36)(H,33,38)/t12-,13+,14-,15-,16+,17+/m1/s1. The zero-order valence-electron chi connectivity index (χ0n) is 21.3. The highest BCUT2D eigenvalue weighted by Crippen LogP contribution is 2.49. The topological polar surface area (TPSA) is 131 Å². The molecule has 1 aliphatic carbocycles. The fourth-order valence-electron chi connectivity index (χ4n) is 5.58. The first-order chi connectivity index (χ1) is 17.5. The van der Waals surface area contributed by atoms with Crippen molar-refractivity contribution < 1.29 is 41.1 Å². The molecule has 9 nitrogen and oxygen atoms in total.